The van der Waals surface area contributed by atoms with Gasteiger partial charge in [-0.05, 0) is 67.5 Å². The number of rotatable bonds is 13. The van der Waals surface area contributed by atoms with Crippen LogP contribution in [0.1, 0.15) is 66.4 Å². The van der Waals surface area contributed by atoms with E-state index < -0.39 is 16.6 Å². The number of benzene rings is 1. The van der Waals surface area contributed by atoms with E-state index in [1.165, 1.54) is 23.7 Å². The third-order valence-corrected chi connectivity index (χ3v) is 16.1. The molecule has 2 nitrogen and oxygen atoms in total. The van der Waals surface area contributed by atoms with Crippen LogP contribution in [0.2, 0.25) is 36.3 Å². The van der Waals surface area contributed by atoms with Crippen LogP contribution in [0.5, 0.6) is 0 Å². The molecule has 1 aromatic rings. The number of hydrogen-bond acceptors (Lipinski definition) is 2. The van der Waals surface area contributed by atoms with Crippen LogP contribution in [-0.4, -0.2) is 29.3 Å². The van der Waals surface area contributed by atoms with Gasteiger partial charge >= 0.3 is 0 Å². The molecule has 0 radical (unpaired) electrons. The Hall–Kier alpha value is -0.426. The van der Waals surface area contributed by atoms with Crippen LogP contribution in [0.3, 0.4) is 0 Å². The minimum Gasteiger partial charge on any atom is -0.417 e. The quantitative estimate of drug-likeness (QED) is 0.238. The van der Waals surface area contributed by atoms with Gasteiger partial charge in [-0.3, -0.25) is 0 Å². The summed E-state index contributed by atoms with van der Waals surface area (Å²) in [5, 5.41) is 0.283. The normalized spacial score (nSPS) is 14.3. The molecule has 0 spiro atoms. The van der Waals surface area contributed by atoms with E-state index in [1.54, 1.807) is 0 Å². The Morgan fingerprint density at radius 1 is 0.893 bits per heavy atom. The first-order valence-electron chi connectivity index (χ1n) is 11.4. The molecule has 1 aromatic carbocycles. The summed E-state index contributed by atoms with van der Waals surface area (Å²) in [5.41, 5.74) is 1.42. The molecule has 0 aromatic heterocycles. The first-order valence-corrected chi connectivity index (χ1v) is 16.9. The van der Waals surface area contributed by atoms with Crippen molar-refractivity contribution in [3.8, 4) is 0 Å². The lowest BCUT2D eigenvalue weighted by molar-refractivity contribution is 0.153. The van der Waals surface area contributed by atoms with E-state index in [4.69, 9.17) is 8.85 Å². The van der Waals surface area contributed by atoms with Gasteiger partial charge in [-0.2, -0.15) is 0 Å². The molecule has 0 fully saturated rings. The van der Waals surface area contributed by atoms with Gasteiger partial charge < -0.3 is 8.85 Å². The molecule has 0 N–H and O–H groups in total. The predicted molar refractivity (Wildman–Crippen MR) is 129 cm³/mol. The molecule has 1 atom stereocenters. The van der Waals surface area contributed by atoms with E-state index in [2.05, 4.69) is 85.0 Å². The maximum atomic E-state index is 6.90. The average Bonchev–Trinajstić information content (AvgIpc) is 2.67. The van der Waals surface area contributed by atoms with Crippen LogP contribution < -0.4 is 0 Å². The molecular formula is C24H46O2Si2. The van der Waals surface area contributed by atoms with Crippen LogP contribution in [0.15, 0.2) is 30.3 Å². The van der Waals surface area contributed by atoms with E-state index in [1.807, 2.05) is 0 Å². The van der Waals surface area contributed by atoms with Gasteiger partial charge in [-0.25, -0.2) is 0 Å². The molecule has 28 heavy (non-hydrogen) atoms. The zero-order valence-corrected chi connectivity index (χ0v) is 21.9. The Morgan fingerprint density at radius 2 is 1.46 bits per heavy atom. The summed E-state index contributed by atoms with van der Waals surface area (Å²) in [6, 6.07) is 14.5. The summed E-state index contributed by atoms with van der Waals surface area (Å²) in [4.78, 5) is 0. The molecule has 1 unspecified atom stereocenters. The lowest BCUT2D eigenvalue weighted by Gasteiger charge is -2.37. The fourth-order valence-electron chi connectivity index (χ4n) is 3.44. The van der Waals surface area contributed by atoms with E-state index in [-0.39, 0.29) is 5.04 Å². The van der Waals surface area contributed by atoms with Gasteiger partial charge in [0.05, 0.1) is 0 Å². The Bertz CT molecular complexity index is 525. The summed E-state index contributed by atoms with van der Waals surface area (Å²) >= 11 is 0. The van der Waals surface area contributed by atoms with Crippen molar-refractivity contribution in [1.29, 1.82) is 0 Å². The van der Waals surface area contributed by atoms with Crippen LogP contribution in [0, 0.1) is 0 Å². The largest absolute Gasteiger partial charge is 0.417 e. The Kier molecular flexibility index (Phi) is 10.7. The van der Waals surface area contributed by atoms with Crippen LogP contribution in [0.4, 0.5) is 0 Å². The first-order chi connectivity index (χ1) is 13.1. The fourth-order valence-corrected chi connectivity index (χ4v) is 7.47. The molecular weight excluding hydrogens is 376 g/mol. The molecule has 0 heterocycles. The number of aryl methyl sites for hydroxylation is 1. The van der Waals surface area contributed by atoms with Gasteiger partial charge in [0.1, 0.15) is 0 Å². The Morgan fingerprint density at radius 3 is 1.96 bits per heavy atom. The molecule has 0 saturated carbocycles. The summed E-state index contributed by atoms with van der Waals surface area (Å²) in [6.07, 6.45) is 4.83. The van der Waals surface area contributed by atoms with E-state index in [9.17, 15) is 0 Å². The summed E-state index contributed by atoms with van der Waals surface area (Å²) in [7, 11) is -3.23. The van der Waals surface area contributed by atoms with Crippen molar-refractivity contribution in [2.24, 2.45) is 0 Å². The van der Waals surface area contributed by atoms with Gasteiger partial charge in [0.25, 0.3) is 0 Å². The molecule has 0 aliphatic heterocycles. The van der Waals surface area contributed by atoms with Gasteiger partial charge in [-0.15, -0.1) is 0 Å². The molecule has 0 aliphatic carbocycles. The monoisotopic (exact) mass is 422 g/mol. The van der Waals surface area contributed by atoms with Crippen LogP contribution in [0.25, 0.3) is 0 Å². The van der Waals surface area contributed by atoms with Crippen molar-refractivity contribution in [3.63, 3.8) is 0 Å². The first kappa shape index (κ1) is 25.6. The fraction of sp³-hybridized carbons (Fsp3) is 0.750. The Labute approximate surface area is 177 Å². The third kappa shape index (κ3) is 8.13. The summed E-state index contributed by atoms with van der Waals surface area (Å²) < 4.78 is 13.3. The minimum absolute atomic E-state index is 0.283. The van der Waals surface area contributed by atoms with Crippen LogP contribution in [-0.2, 0) is 15.3 Å². The Balaban J connectivity index is 2.66. The zero-order chi connectivity index (χ0) is 21.3. The highest BCUT2D eigenvalue weighted by Crippen LogP contribution is 2.36. The number of hydrogen-bond donors (Lipinski definition) is 0. The smallest absolute Gasteiger partial charge is 0.192 e. The molecule has 4 heteroatoms. The highest BCUT2D eigenvalue weighted by atomic mass is 28.4. The second kappa shape index (κ2) is 11.7. The highest BCUT2D eigenvalue weighted by Gasteiger charge is 2.37. The lowest BCUT2D eigenvalue weighted by Crippen LogP contribution is -2.41. The molecule has 0 saturated heterocycles. The second-order valence-electron chi connectivity index (χ2n) is 9.76. The topological polar surface area (TPSA) is 18.5 Å². The minimum atomic E-state index is -1.65. The van der Waals surface area contributed by atoms with Gasteiger partial charge in [0.2, 0.25) is 0 Å². The van der Waals surface area contributed by atoms with Crippen LogP contribution >= 0.6 is 0 Å². The SMILES string of the molecule is CC[Si](CC)(CC)OC(CCCO[Si](C)(C)C(C)(C)C)CCc1ccccc1. The standard InChI is InChI=1S/C24H46O2Si2/c1-9-28(10-2,11-3)26-23(20-19-22-16-13-12-14-17-22)18-15-21-25-27(7,8)24(4,5)6/h12-14,16-17,23H,9-11,15,18-21H2,1-8H3. The maximum absolute atomic E-state index is 6.90. The van der Waals surface area contributed by atoms with Crippen molar-refractivity contribution < 1.29 is 8.85 Å². The zero-order valence-electron chi connectivity index (χ0n) is 19.9. The van der Waals surface area contributed by atoms with Crippen molar-refractivity contribution in [2.75, 3.05) is 6.61 Å². The van der Waals surface area contributed by atoms with Gasteiger partial charge in [0, 0.05) is 12.7 Å². The molecule has 0 bridgehead atoms. The molecule has 1 rings (SSSR count). The van der Waals surface area contributed by atoms with E-state index in [0.29, 0.717) is 6.10 Å². The highest BCUT2D eigenvalue weighted by molar-refractivity contribution is 6.74. The van der Waals surface area contributed by atoms with Crippen molar-refractivity contribution in [3.05, 3.63) is 35.9 Å². The maximum Gasteiger partial charge on any atom is 0.192 e. The van der Waals surface area contributed by atoms with Crippen molar-refractivity contribution >= 4 is 16.6 Å². The third-order valence-electron chi connectivity index (χ3n) is 6.89. The van der Waals surface area contributed by atoms with Crippen molar-refractivity contribution in [2.45, 2.75) is 110 Å². The summed E-state index contributed by atoms with van der Waals surface area (Å²) in [5.74, 6) is 0. The second-order valence-corrected chi connectivity index (χ2v) is 19.3. The molecule has 0 aliphatic rings. The lowest BCUT2D eigenvalue weighted by atomic mass is 10.0. The summed E-state index contributed by atoms with van der Waals surface area (Å²) in [6.45, 7) is 19.5. The van der Waals surface area contributed by atoms with Gasteiger partial charge in [-0.1, -0.05) is 71.9 Å². The average molecular weight is 423 g/mol. The van der Waals surface area contributed by atoms with E-state index in [0.717, 1.165) is 32.3 Å². The molecule has 162 valence electrons. The van der Waals surface area contributed by atoms with Crippen molar-refractivity contribution in [1.82, 2.24) is 0 Å². The van der Waals surface area contributed by atoms with Gasteiger partial charge in [0.15, 0.2) is 16.6 Å². The predicted octanol–water partition coefficient (Wildman–Crippen LogP) is 7.81. The molecule has 0 amide bonds. The van der Waals surface area contributed by atoms with E-state index >= 15 is 0 Å².